The second-order valence-corrected chi connectivity index (χ2v) is 12.4. The number of aromatic nitrogens is 1. The molecule has 1 aliphatic carbocycles. The molecular formula is C26H35N5O4S. The molecule has 2 aromatic rings. The number of nitrogens with zero attached hydrogens (tertiary/aromatic N) is 3. The van der Waals surface area contributed by atoms with Crippen molar-refractivity contribution in [3.8, 4) is 6.07 Å². The summed E-state index contributed by atoms with van der Waals surface area (Å²) in [5.74, 6) is -0.399. The van der Waals surface area contributed by atoms with Crippen LogP contribution in [0, 0.1) is 23.2 Å². The van der Waals surface area contributed by atoms with Crippen LogP contribution < -0.4 is 14.9 Å². The van der Waals surface area contributed by atoms with Crippen molar-refractivity contribution in [2.75, 3.05) is 16.6 Å². The molecule has 1 aromatic carbocycles. The predicted molar refractivity (Wildman–Crippen MR) is 139 cm³/mol. The first-order valence-corrected chi connectivity index (χ1v) is 14.3. The maximum Gasteiger partial charge on any atom is 0.268 e. The van der Waals surface area contributed by atoms with Gasteiger partial charge < -0.3 is 15.2 Å². The number of aryl methyl sites for hydroxylation is 1. The van der Waals surface area contributed by atoms with E-state index in [-0.39, 0.29) is 35.4 Å². The van der Waals surface area contributed by atoms with Crippen LogP contribution >= 0.6 is 0 Å². The van der Waals surface area contributed by atoms with Crippen LogP contribution in [0.2, 0.25) is 0 Å². The molecule has 1 aliphatic heterocycles. The maximum absolute atomic E-state index is 13.3. The number of carbonyl (C=O) groups excluding carboxylic acids is 2. The lowest BCUT2D eigenvalue weighted by molar-refractivity contribution is -0.127. The van der Waals surface area contributed by atoms with Crippen molar-refractivity contribution in [3.05, 3.63) is 30.0 Å². The van der Waals surface area contributed by atoms with Crippen molar-refractivity contribution in [3.63, 3.8) is 0 Å². The van der Waals surface area contributed by atoms with Crippen LogP contribution in [-0.2, 0) is 21.9 Å². The highest BCUT2D eigenvalue weighted by molar-refractivity contribution is 7.93. The summed E-state index contributed by atoms with van der Waals surface area (Å²) in [6.45, 7) is 4.48. The molecule has 1 saturated heterocycles. The maximum atomic E-state index is 13.3. The molecule has 2 N–H and O–H groups in total. The van der Waals surface area contributed by atoms with Crippen molar-refractivity contribution in [1.82, 2.24) is 15.2 Å². The molecule has 36 heavy (non-hydrogen) atoms. The van der Waals surface area contributed by atoms with E-state index in [1.165, 1.54) is 4.31 Å². The number of hydrogen-bond acceptors (Lipinski definition) is 5. The van der Waals surface area contributed by atoms with E-state index in [0.29, 0.717) is 43.6 Å². The molecule has 2 aliphatic rings. The Kier molecular flexibility index (Phi) is 7.59. The zero-order valence-corrected chi connectivity index (χ0v) is 22.0. The standard InChI is InChI=1S/C26H35N5O4S/c1-17(2)13-19(16-27)28-25(32)21-7-4-5-8-22(21)29-26(33)24-14-18-9-10-20(15-23(18)30(24)3)31-11-6-12-36(31,34)35/h9-10,14-15,17,19,21-22H,4-8,11-13H2,1-3H3,(H,28,32)(H,29,33). The van der Waals surface area contributed by atoms with Gasteiger partial charge in [0.05, 0.1) is 28.9 Å². The minimum Gasteiger partial charge on any atom is -0.347 e. The number of sulfonamides is 1. The lowest BCUT2D eigenvalue weighted by atomic mass is 9.83. The third-order valence-electron chi connectivity index (χ3n) is 7.25. The third-order valence-corrected chi connectivity index (χ3v) is 9.12. The summed E-state index contributed by atoms with van der Waals surface area (Å²) in [6.07, 6.45) is 4.38. The Morgan fingerprint density at radius 2 is 1.92 bits per heavy atom. The summed E-state index contributed by atoms with van der Waals surface area (Å²) >= 11 is 0. The molecule has 3 unspecified atom stereocenters. The van der Waals surface area contributed by atoms with Crippen LogP contribution in [0.5, 0.6) is 0 Å². The quantitative estimate of drug-likeness (QED) is 0.589. The average Bonchev–Trinajstić information content (AvgIpc) is 3.36. The largest absolute Gasteiger partial charge is 0.347 e. The Hall–Kier alpha value is -3.06. The van der Waals surface area contributed by atoms with Crippen molar-refractivity contribution >= 4 is 38.4 Å². The van der Waals surface area contributed by atoms with Gasteiger partial charge in [-0.3, -0.25) is 13.9 Å². The molecule has 1 saturated carbocycles. The average molecular weight is 514 g/mol. The Bertz CT molecular complexity index is 1290. The molecule has 0 radical (unpaired) electrons. The van der Waals surface area contributed by atoms with Gasteiger partial charge in [-0.15, -0.1) is 0 Å². The number of amides is 2. The van der Waals surface area contributed by atoms with E-state index in [4.69, 9.17) is 0 Å². The fraction of sp³-hybridized carbons (Fsp3) is 0.577. The second kappa shape index (κ2) is 10.5. The number of carbonyl (C=O) groups is 2. The Morgan fingerprint density at radius 1 is 1.17 bits per heavy atom. The summed E-state index contributed by atoms with van der Waals surface area (Å²) in [4.78, 5) is 26.3. The number of fused-ring (bicyclic) bond motifs is 1. The van der Waals surface area contributed by atoms with Gasteiger partial charge in [0.15, 0.2) is 0 Å². The molecule has 10 heteroatoms. The first-order valence-electron chi connectivity index (χ1n) is 12.7. The normalized spacial score (nSPS) is 22.4. The van der Waals surface area contributed by atoms with Crippen molar-refractivity contribution in [2.24, 2.45) is 18.9 Å². The highest BCUT2D eigenvalue weighted by Crippen LogP contribution is 2.30. The zero-order valence-electron chi connectivity index (χ0n) is 21.2. The summed E-state index contributed by atoms with van der Waals surface area (Å²) < 4.78 is 27.9. The molecule has 3 atom stereocenters. The van der Waals surface area contributed by atoms with E-state index in [2.05, 4.69) is 16.7 Å². The van der Waals surface area contributed by atoms with Gasteiger partial charge in [0.25, 0.3) is 5.91 Å². The molecule has 2 fully saturated rings. The lowest BCUT2D eigenvalue weighted by Gasteiger charge is -2.32. The number of rotatable bonds is 7. The van der Waals surface area contributed by atoms with Gasteiger partial charge in [-0.1, -0.05) is 32.8 Å². The molecule has 9 nitrogen and oxygen atoms in total. The van der Waals surface area contributed by atoms with Gasteiger partial charge in [0.2, 0.25) is 15.9 Å². The van der Waals surface area contributed by atoms with Crippen LogP contribution in [0.3, 0.4) is 0 Å². The molecule has 1 aromatic heterocycles. The molecule has 2 amide bonds. The number of nitrogens with one attached hydrogen (secondary N) is 2. The van der Waals surface area contributed by atoms with E-state index < -0.39 is 16.1 Å². The Balaban J connectivity index is 1.51. The number of benzene rings is 1. The fourth-order valence-corrected chi connectivity index (χ4v) is 6.93. The fourth-order valence-electron chi connectivity index (χ4n) is 5.37. The smallest absolute Gasteiger partial charge is 0.268 e. The number of nitriles is 1. The zero-order chi connectivity index (χ0) is 26.0. The first kappa shape index (κ1) is 26.0. The lowest BCUT2D eigenvalue weighted by Crippen LogP contribution is -2.50. The minimum absolute atomic E-state index is 0.147. The molecule has 0 spiro atoms. The van der Waals surface area contributed by atoms with Gasteiger partial charge >= 0.3 is 0 Å². The monoisotopic (exact) mass is 513 g/mol. The van der Waals surface area contributed by atoms with Gasteiger partial charge in [0, 0.05) is 25.0 Å². The molecule has 194 valence electrons. The molecule has 2 heterocycles. The number of hydrogen-bond donors (Lipinski definition) is 2. The number of anilines is 1. The SMILES string of the molecule is CC(C)CC(C#N)NC(=O)C1CCCCC1NC(=O)c1cc2ccc(N3CCCS3(=O)=O)cc2n1C. The predicted octanol–water partition coefficient (Wildman–Crippen LogP) is 3.06. The summed E-state index contributed by atoms with van der Waals surface area (Å²) in [6, 6.07) is 8.53. The summed E-state index contributed by atoms with van der Waals surface area (Å²) in [5.41, 5.74) is 1.82. The first-order chi connectivity index (χ1) is 17.1. The highest BCUT2D eigenvalue weighted by Gasteiger charge is 2.34. The van der Waals surface area contributed by atoms with Gasteiger partial charge in [-0.2, -0.15) is 5.26 Å². The topological polar surface area (TPSA) is 124 Å². The van der Waals surface area contributed by atoms with Crippen molar-refractivity contribution in [1.29, 1.82) is 5.26 Å². The third kappa shape index (κ3) is 5.36. The molecule has 4 rings (SSSR count). The van der Waals surface area contributed by atoms with Crippen LogP contribution in [0.4, 0.5) is 5.69 Å². The second-order valence-electron chi connectivity index (χ2n) is 10.4. The highest BCUT2D eigenvalue weighted by atomic mass is 32.2. The van der Waals surface area contributed by atoms with Gasteiger partial charge in [-0.25, -0.2) is 8.42 Å². The van der Waals surface area contributed by atoms with E-state index in [0.717, 1.165) is 23.7 Å². The van der Waals surface area contributed by atoms with Crippen molar-refractivity contribution < 1.29 is 18.0 Å². The summed E-state index contributed by atoms with van der Waals surface area (Å²) in [7, 11) is -1.51. The minimum atomic E-state index is -3.30. The Morgan fingerprint density at radius 3 is 2.58 bits per heavy atom. The van der Waals surface area contributed by atoms with E-state index in [1.807, 2.05) is 26.0 Å². The van der Waals surface area contributed by atoms with Crippen molar-refractivity contribution in [2.45, 2.75) is 64.5 Å². The van der Waals surface area contributed by atoms with Crippen LogP contribution in [0.1, 0.15) is 62.9 Å². The Labute approximate surface area is 212 Å². The molecular weight excluding hydrogens is 478 g/mol. The van der Waals surface area contributed by atoms with E-state index in [1.54, 1.807) is 23.7 Å². The summed E-state index contributed by atoms with van der Waals surface area (Å²) in [5, 5.41) is 16.2. The van der Waals surface area contributed by atoms with Crippen LogP contribution in [0.15, 0.2) is 24.3 Å². The van der Waals surface area contributed by atoms with Gasteiger partial charge in [0.1, 0.15) is 11.7 Å². The van der Waals surface area contributed by atoms with Crippen LogP contribution in [0.25, 0.3) is 10.9 Å². The van der Waals surface area contributed by atoms with Gasteiger partial charge in [-0.05, 0) is 49.8 Å². The van der Waals surface area contributed by atoms with E-state index >= 15 is 0 Å². The molecule has 0 bridgehead atoms. The van der Waals surface area contributed by atoms with Crippen LogP contribution in [-0.4, -0.2) is 49.2 Å². The van der Waals surface area contributed by atoms with E-state index in [9.17, 15) is 23.3 Å².